The van der Waals surface area contributed by atoms with E-state index in [0.717, 1.165) is 35.6 Å². The molecular weight excluding hydrogens is 266 g/mol. The molecule has 0 radical (unpaired) electrons. The normalized spacial score (nSPS) is 10.7. The summed E-state index contributed by atoms with van der Waals surface area (Å²) in [5.41, 5.74) is 2.58. The third-order valence-corrected chi connectivity index (χ3v) is 3.74. The maximum atomic E-state index is 8.96. The Morgan fingerprint density at radius 3 is 3.00 bits per heavy atom. The first-order chi connectivity index (χ1) is 8.80. The SMILES string of the molecule is CSCCCn1c(CCl)nc2ccc(C#N)cc21. The average molecular weight is 280 g/mol. The number of hydrogen-bond donors (Lipinski definition) is 0. The van der Waals surface area contributed by atoms with Gasteiger partial charge in [-0.1, -0.05) is 0 Å². The predicted molar refractivity (Wildman–Crippen MR) is 77.0 cm³/mol. The second-order valence-electron chi connectivity index (χ2n) is 3.97. The van der Waals surface area contributed by atoms with Crippen LogP contribution < -0.4 is 0 Å². The maximum Gasteiger partial charge on any atom is 0.124 e. The molecule has 0 saturated carbocycles. The Morgan fingerprint density at radius 1 is 1.50 bits per heavy atom. The fourth-order valence-electron chi connectivity index (χ4n) is 1.96. The number of thioether (sulfide) groups is 1. The molecule has 0 aliphatic rings. The first-order valence-corrected chi connectivity index (χ1v) is 7.67. The average Bonchev–Trinajstić information content (AvgIpc) is 2.76. The summed E-state index contributed by atoms with van der Waals surface area (Å²) in [5, 5.41) is 8.96. The van der Waals surface area contributed by atoms with E-state index in [0.29, 0.717) is 11.4 Å². The van der Waals surface area contributed by atoms with Crippen LogP contribution in [0.4, 0.5) is 0 Å². The van der Waals surface area contributed by atoms with Gasteiger partial charge in [0, 0.05) is 6.54 Å². The monoisotopic (exact) mass is 279 g/mol. The lowest BCUT2D eigenvalue weighted by Gasteiger charge is -2.06. The molecule has 0 fully saturated rings. The lowest BCUT2D eigenvalue weighted by Crippen LogP contribution is -2.03. The largest absolute Gasteiger partial charge is 0.327 e. The lowest BCUT2D eigenvalue weighted by atomic mass is 10.2. The van der Waals surface area contributed by atoms with Crippen molar-refractivity contribution >= 4 is 34.4 Å². The number of benzene rings is 1. The summed E-state index contributed by atoms with van der Waals surface area (Å²) in [7, 11) is 0. The van der Waals surface area contributed by atoms with E-state index in [2.05, 4.69) is 21.9 Å². The van der Waals surface area contributed by atoms with Crippen molar-refractivity contribution in [1.29, 1.82) is 5.26 Å². The highest BCUT2D eigenvalue weighted by Gasteiger charge is 2.10. The number of alkyl halides is 1. The molecule has 1 aromatic heterocycles. The van der Waals surface area contributed by atoms with E-state index in [4.69, 9.17) is 16.9 Å². The van der Waals surface area contributed by atoms with Gasteiger partial charge in [-0.25, -0.2) is 4.98 Å². The smallest absolute Gasteiger partial charge is 0.124 e. The third kappa shape index (κ3) is 2.63. The highest BCUT2D eigenvalue weighted by molar-refractivity contribution is 7.98. The van der Waals surface area contributed by atoms with Gasteiger partial charge in [-0.05, 0) is 36.6 Å². The van der Waals surface area contributed by atoms with Gasteiger partial charge in [0.05, 0.1) is 28.5 Å². The van der Waals surface area contributed by atoms with Crippen LogP contribution in [0, 0.1) is 11.3 Å². The Kier molecular flexibility index (Phi) is 4.51. The Bertz CT molecular complexity index is 586. The summed E-state index contributed by atoms with van der Waals surface area (Å²) in [6.07, 6.45) is 3.18. The van der Waals surface area contributed by atoms with Gasteiger partial charge < -0.3 is 4.57 Å². The van der Waals surface area contributed by atoms with Crippen molar-refractivity contribution in [3.8, 4) is 6.07 Å². The fraction of sp³-hybridized carbons (Fsp3) is 0.385. The van der Waals surface area contributed by atoms with Crippen LogP contribution in [0.2, 0.25) is 0 Å². The number of nitriles is 1. The van der Waals surface area contributed by atoms with Crippen molar-refractivity contribution in [1.82, 2.24) is 9.55 Å². The van der Waals surface area contributed by atoms with Crippen LogP contribution in [0.5, 0.6) is 0 Å². The molecule has 2 rings (SSSR count). The molecule has 0 aliphatic carbocycles. The molecule has 94 valence electrons. The minimum Gasteiger partial charge on any atom is -0.327 e. The van der Waals surface area contributed by atoms with E-state index in [-0.39, 0.29) is 0 Å². The van der Waals surface area contributed by atoms with Crippen LogP contribution in [-0.2, 0) is 12.4 Å². The van der Waals surface area contributed by atoms with Gasteiger partial charge in [0.15, 0.2) is 0 Å². The molecule has 3 nitrogen and oxygen atoms in total. The van der Waals surface area contributed by atoms with Crippen molar-refractivity contribution in [2.75, 3.05) is 12.0 Å². The van der Waals surface area contributed by atoms with Crippen LogP contribution in [0.15, 0.2) is 18.2 Å². The van der Waals surface area contributed by atoms with Crippen molar-refractivity contribution < 1.29 is 0 Å². The number of fused-ring (bicyclic) bond motifs is 1. The van der Waals surface area contributed by atoms with Gasteiger partial charge in [-0.15, -0.1) is 11.6 Å². The lowest BCUT2D eigenvalue weighted by molar-refractivity contribution is 0.677. The minimum absolute atomic E-state index is 0.399. The molecule has 1 aromatic carbocycles. The summed E-state index contributed by atoms with van der Waals surface area (Å²) in [4.78, 5) is 4.50. The zero-order valence-electron chi connectivity index (χ0n) is 10.2. The van der Waals surface area contributed by atoms with Crippen molar-refractivity contribution in [3.05, 3.63) is 29.6 Å². The predicted octanol–water partition coefficient (Wildman–Crippen LogP) is 3.40. The summed E-state index contributed by atoms with van der Waals surface area (Å²) < 4.78 is 2.12. The number of nitrogens with zero attached hydrogens (tertiary/aromatic N) is 3. The zero-order chi connectivity index (χ0) is 13.0. The van der Waals surface area contributed by atoms with E-state index >= 15 is 0 Å². The molecule has 1 heterocycles. The van der Waals surface area contributed by atoms with Gasteiger partial charge >= 0.3 is 0 Å². The van der Waals surface area contributed by atoms with Gasteiger partial charge in [-0.2, -0.15) is 17.0 Å². The molecule has 0 bridgehead atoms. The van der Waals surface area contributed by atoms with Crippen LogP contribution >= 0.6 is 23.4 Å². The Hall–Kier alpha value is -1.18. The van der Waals surface area contributed by atoms with E-state index in [9.17, 15) is 0 Å². The van der Waals surface area contributed by atoms with Gasteiger partial charge in [0.25, 0.3) is 0 Å². The Labute approximate surface area is 116 Å². The molecule has 18 heavy (non-hydrogen) atoms. The highest BCUT2D eigenvalue weighted by Crippen LogP contribution is 2.20. The second kappa shape index (κ2) is 6.12. The first-order valence-electron chi connectivity index (χ1n) is 5.74. The molecule has 0 amide bonds. The fourth-order valence-corrected chi connectivity index (χ4v) is 2.58. The summed E-state index contributed by atoms with van der Waals surface area (Å²) in [5.74, 6) is 2.39. The molecule has 0 unspecified atom stereocenters. The molecule has 0 atom stereocenters. The standard InChI is InChI=1S/C13H14ClN3S/c1-18-6-2-5-17-12-7-10(9-15)3-4-11(12)16-13(17)8-14/h3-4,7H,2,5-6,8H2,1H3. The van der Waals surface area contributed by atoms with E-state index in [1.54, 1.807) is 6.07 Å². The number of aromatic nitrogens is 2. The zero-order valence-corrected chi connectivity index (χ0v) is 11.8. The summed E-state index contributed by atoms with van der Waals surface area (Å²) in [6.45, 7) is 0.897. The maximum absolute atomic E-state index is 8.96. The van der Waals surface area contributed by atoms with Gasteiger partial charge in [-0.3, -0.25) is 0 Å². The molecule has 5 heteroatoms. The Balaban J connectivity index is 2.42. The van der Waals surface area contributed by atoms with Crippen molar-refractivity contribution in [3.63, 3.8) is 0 Å². The second-order valence-corrected chi connectivity index (χ2v) is 5.23. The van der Waals surface area contributed by atoms with E-state index in [1.165, 1.54) is 0 Å². The van der Waals surface area contributed by atoms with Crippen molar-refractivity contribution in [2.24, 2.45) is 0 Å². The number of aryl methyl sites for hydroxylation is 1. The van der Waals surface area contributed by atoms with Crippen LogP contribution in [0.25, 0.3) is 11.0 Å². The van der Waals surface area contributed by atoms with E-state index < -0.39 is 0 Å². The third-order valence-electron chi connectivity index (χ3n) is 2.81. The number of halogens is 1. The number of hydrogen-bond acceptors (Lipinski definition) is 3. The Morgan fingerprint density at radius 2 is 2.33 bits per heavy atom. The quantitative estimate of drug-likeness (QED) is 0.622. The van der Waals surface area contributed by atoms with Gasteiger partial charge in [0.2, 0.25) is 0 Å². The first kappa shape index (κ1) is 13.3. The highest BCUT2D eigenvalue weighted by atomic mass is 35.5. The molecule has 2 aromatic rings. The van der Waals surface area contributed by atoms with E-state index in [1.807, 2.05) is 23.9 Å². The molecule has 0 spiro atoms. The van der Waals surface area contributed by atoms with Crippen LogP contribution in [0.3, 0.4) is 0 Å². The van der Waals surface area contributed by atoms with Gasteiger partial charge in [0.1, 0.15) is 5.82 Å². The molecule has 0 saturated heterocycles. The van der Waals surface area contributed by atoms with Crippen LogP contribution in [0.1, 0.15) is 17.8 Å². The minimum atomic E-state index is 0.399. The molecular formula is C13H14ClN3S. The number of rotatable bonds is 5. The van der Waals surface area contributed by atoms with Crippen LogP contribution in [-0.4, -0.2) is 21.6 Å². The summed E-state index contributed by atoms with van der Waals surface area (Å²) >= 11 is 7.77. The topological polar surface area (TPSA) is 41.6 Å². The number of imidazole rings is 1. The summed E-state index contributed by atoms with van der Waals surface area (Å²) in [6, 6.07) is 7.72. The molecule has 0 aliphatic heterocycles. The molecule has 0 N–H and O–H groups in total. The van der Waals surface area contributed by atoms with Crippen molar-refractivity contribution in [2.45, 2.75) is 18.8 Å².